The minimum absolute atomic E-state index is 0.191. The molecule has 1 fully saturated rings. The van der Waals surface area contributed by atoms with Gasteiger partial charge in [-0.25, -0.2) is 12.7 Å². The van der Waals surface area contributed by atoms with Gasteiger partial charge in [-0.15, -0.1) is 11.6 Å². The first-order chi connectivity index (χ1) is 7.37. The molecule has 0 aromatic carbocycles. The van der Waals surface area contributed by atoms with Gasteiger partial charge in [0.1, 0.15) is 0 Å². The molecule has 3 nitrogen and oxygen atoms in total. The van der Waals surface area contributed by atoms with Gasteiger partial charge >= 0.3 is 0 Å². The molecule has 16 heavy (non-hydrogen) atoms. The molecule has 0 aromatic heterocycles. The summed E-state index contributed by atoms with van der Waals surface area (Å²) in [5.41, 5.74) is 0.275. The molecule has 0 spiro atoms. The Balaban J connectivity index is 2.60. The molecule has 1 aliphatic rings. The highest BCUT2D eigenvalue weighted by molar-refractivity contribution is 7.89. The van der Waals surface area contributed by atoms with Crippen LogP contribution in [0.25, 0.3) is 0 Å². The molecule has 1 rings (SSSR count). The average molecular weight is 268 g/mol. The number of rotatable bonds is 4. The fourth-order valence-electron chi connectivity index (χ4n) is 2.04. The van der Waals surface area contributed by atoms with Crippen molar-refractivity contribution in [2.75, 3.05) is 24.7 Å². The second kappa shape index (κ2) is 5.69. The van der Waals surface area contributed by atoms with Crippen LogP contribution in [0.2, 0.25) is 0 Å². The molecule has 0 atom stereocenters. The number of hydrogen-bond donors (Lipinski definition) is 0. The third kappa shape index (κ3) is 4.22. The highest BCUT2D eigenvalue weighted by Crippen LogP contribution is 2.30. The number of sulfonamides is 1. The highest BCUT2D eigenvalue weighted by Gasteiger charge is 2.28. The van der Waals surface area contributed by atoms with Crippen LogP contribution in [-0.4, -0.2) is 37.4 Å². The predicted molar refractivity (Wildman–Crippen MR) is 68.3 cm³/mol. The van der Waals surface area contributed by atoms with Gasteiger partial charge in [-0.05, 0) is 31.1 Å². The molecule has 0 unspecified atom stereocenters. The summed E-state index contributed by atoms with van der Waals surface area (Å²) < 4.78 is 25.6. The van der Waals surface area contributed by atoms with Crippen molar-refractivity contribution in [1.82, 2.24) is 4.31 Å². The first kappa shape index (κ1) is 14.3. The number of nitrogens with zero attached hydrogens (tertiary/aromatic N) is 1. The second-order valence-electron chi connectivity index (χ2n) is 5.28. The summed E-state index contributed by atoms with van der Waals surface area (Å²) in [6.45, 7) is 5.76. The largest absolute Gasteiger partial charge is 0.214 e. The first-order valence-electron chi connectivity index (χ1n) is 5.91. The van der Waals surface area contributed by atoms with Gasteiger partial charge in [-0.1, -0.05) is 13.8 Å². The highest BCUT2D eigenvalue weighted by atomic mass is 35.5. The lowest BCUT2D eigenvalue weighted by Gasteiger charge is -2.23. The van der Waals surface area contributed by atoms with Crippen LogP contribution in [0.4, 0.5) is 0 Å². The van der Waals surface area contributed by atoms with Crippen LogP contribution >= 0.6 is 11.6 Å². The molecule has 1 saturated heterocycles. The van der Waals surface area contributed by atoms with Crippen molar-refractivity contribution in [3.63, 3.8) is 0 Å². The molecule has 96 valence electrons. The lowest BCUT2D eigenvalue weighted by molar-refractivity contribution is 0.315. The monoisotopic (exact) mass is 267 g/mol. The summed E-state index contributed by atoms with van der Waals surface area (Å²) in [4.78, 5) is 0. The van der Waals surface area contributed by atoms with E-state index in [1.165, 1.54) is 0 Å². The molecule has 0 amide bonds. The van der Waals surface area contributed by atoms with Crippen LogP contribution in [0.15, 0.2) is 0 Å². The van der Waals surface area contributed by atoms with Crippen LogP contribution in [0.1, 0.15) is 39.5 Å². The summed E-state index contributed by atoms with van der Waals surface area (Å²) in [5, 5.41) is 0. The molecular weight excluding hydrogens is 246 g/mol. The summed E-state index contributed by atoms with van der Waals surface area (Å²) in [6.07, 6.45) is 3.57. The van der Waals surface area contributed by atoms with E-state index in [-0.39, 0.29) is 11.2 Å². The summed E-state index contributed by atoms with van der Waals surface area (Å²) >= 11 is 5.54. The van der Waals surface area contributed by atoms with E-state index in [4.69, 9.17) is 11.6 Å². The normalized spacial score (nSPS) is 22.9. The molecular formula is C11H22ClNO2S. The maximum absolute atomic E-state index is 12.0. The van der Waals surface area contributed by atoms with Gasteiger partial charge in [0.2, 0.25) is 10.0 Å². The molecule has 1 aliphatic heterocycles. The molecule has 1 heterocycles. The summed E-state index contributed by atoms with van der Waals surface area (Å²) in [5.74, 6) is 0.607. The van der Waals surface area contributed by atoms with E-state index in [0.717, 1.165) is 19.3 Å². The minimum Gasteiger partial charge on any atom is -0.212 e. The van der Waals surface area contributed by atoms with E-state index in [1.807, 2.05) is 0 Å². The Morgan fingerprint density at radius 1 is 1.25 bits per heavy atom. The Kier molecular flexibility index (Phi) is 5.08. The molecule has 0 saturated carbocycles. The Hall–Kier alpha value is 0.200. The van der Waals surface area contributed by atoms with E-state index in [0.29, 0.717) is 25.4 Å². The molecule has 0 bridgehead atoms. The number of halogens is 1. The Bertz CT molecular complexity index is 314. The number of hydrogen-bond acceptors (Lipinski definition) is 2. The topological polar surface area (TPSA) is 37.4 Å². The predicted octanol–water partition coefficient (Wildman–Crippen LogP) is 2.46. The van der Waals surface area contributed by atoms with Crippen molar-refractivity contribution in [2.45, 2.75) is 39.5 Å². The standard InChI is InChI=1S/C11H22ClNO2S/c1-11(2)5-3-8-13(9-6-11)16(14,15)10-4-7-12/h3-10H2,1-2H3. The Morgan fingerprint density at radius 3 is 2.56 bits per heavy atom. The van der Waals surface area contributed by atoms with Gasteiger partial charge in [0.15, 0.2) is 0 Å². The quantitative estimate of drug-likeness (QED) is 0.734. The Morgan fingerprint density at radius 2 is 1.94 bits per heavy atom. The summed E-state index contributed by atoms with van der Waals surface area (Å²) in [7, 11) is -3.07. The zero-order chi connectivity index (χ0) is 12.2. The number of alkyl halides is 1. The molecule has 0 aromatic rings. The molecule has 0 aliphatic carbocycles. The van der Waals surface area contributed by atoms with E-state index in [9.17, 15) is 8.42 Å². The molecule has 5 heteroatoms. The van der Waals surface area contributed by atoms with Gasteiger partial charge < -0.3 is 0 Å². The van der Waals surface area contributed by atoms with E-state index >= 15 is 0 Å². The third-order valence-electron chi connectivity index (χ3n) is 3.23. The zero-order valence-corrected chi connectivity index (χ0v) is 11.8. The van der Waals surface area contributed by atoms with Crippen LogP contribution in [0.5, 0.6) is 0 Å². The van der Waals surface area contributed by atoms with E-state index in [1.54, 1.807) is 4.31 Å². The van der Waals surface area contributed by atoms with E-state index in [2.05, 4.69) is 13.8 Å². The van der Waals surface area contributed by atoms with Crippen molar-refractivity contribution < 1.29 is 8.42 Å². The van der Waals surface area contributed by atoms with Crippen LogP contribution < -0.4 is 0 Å². The average Bonchev–Trinajstić information content (AvgIpc) is 2.36. The fourth-order valence-corrected chi connectivity index (χ4v) is 3.88. The Labute approximate surface area is 104 Å². The third-order valence-corrected chi connectivity index (χ3v) is 5.45. The fraction of sp³-hybridized carbons (Fsp3) is 1.00. The second-order valence-corrected chi connectivity index (χ2v) is 7.74. The van der Waals surface area contributed by atoms with Gasteiger partial charge in [0.05, 0.1) is 5.75 Å². The van der Waals surface area contributed by atoms with Gasteiger partial charge in [0, 0.05) is 19.0 Å². The zero-order valence-electron chi connectivity index (χ0n) is 10.2. The summed E-state index contributed by atoms with van der Waals surface area (Å²) in [6, 6.07) is 0. The van der Waals surface area contributed by atoms with Crippen LogP contribution in [-0.2, 0) is 10.0 Å². The van der Waals surface area contributed by atoms with Crippen molar-refractivity contribution >= 4 is 21.6 Å². The van der Waals surface area contributed by atoms with Crippen LogP contribution in [0, 0.1) is 5.41 Å². The van der Waals surface area contributed by atoms with Crippen molar-refractivity contribution in [3.05, 3.63) is 0 Å². The van der Waals surface area contributed by atoms with Gasteiger partial charge in [-0.3, -0.25) is 0 Å². The lowest BCUT2D eigenvalue weighted by atomic mass is 9.85. The van der Waals surface area contributed by atoms with Crippen molar-refractivity contribution in [3.8, 4) is 0 Å². The van der Waals surface area contributed by atoms with Gasteiger partial charge in [-0.2, -0.15) is 0 Å². The molecule has 0 N–H and O–H groups in total. The maximum atomic E-state index is 12.0. The van der Waals surface area contributed by atoms with E-state index < -0.39 is 10.0 Å². The SMILES string of the molecule is CC1(C)CCCN(S(=O)(=O)CCCCl)CC1. The first-order valence-corrected chi connectivity index (χ1v) is 8.06. The minimum atomic E-state index is -3.07. The van der Waals surface area contributed by atoms with Gasteiger partial charge in [0.25, 0.3) is 0 Å². The molecule has 0 radical (unpaired) electrons. The lowest BCUT2D eigenvalue weighted by Crippen LogP contribution is -2.34. The van der Waals surface area contributed by atoms with Crippen molar-refractivity contribution in [1.29, 1.82) is 0 Å². The maximum Gasteiger partial charge on any atom is 0.214 e. The smallest absolute Gasteiger partial charge is 0.212 e. The van der Waals surface area contributed by atoms with Crippen LogP contribution in [0.3, 0.4) is 0 Å². The van der Waals surface area contributed by atoms with Crippen molar-refractivity contribution in [2.24, 2.45) is 5.41 Å².